The van der Waals surface area contributed by atoms with Crippen LogP contribution in [0.1, 0.15) is 36.0 Å². The van der Waals surface area contributed by atoms with E-state index in [4.69, 9.17) is 15.9 Å². The fraction of sp³-hybridized carbons (Fsp3) is 0.471. The van der Waals surface area contributed by atoms with Crippen LogP contribution in [0.5, 0.6) is 0 Å². The molecule has 0 aromatic heterocycles. The summed E-state index contributed by atoms with van der Waals surface area (Å²) in [4.78, 5) is 24.2. The molecule has 1 fully saturated rings. The molecule has 1 aliphatic carbocycles. The first kappa shape index (κ1) is 23.7. The zero-order valence-electron chi connectivity index (χ0n) is 14.7. The van der Waals surface area contributed by atoms with Crippen molar-refractivity contribution in [3.05, 3.63) is 29.8 Å². The molecule has 0 heterocycles. The number of hydrogen-bond acceptors (Lipinski definition) is 4. The van der Waals surface area contributed by atoms with Gasteiger partial charge >= 0.3 is 5.97 Å². The minimum Gasteiger partial charge on any atom is -0.465 e. The summed E-state index contributed by atoms with van der Waals surface area (Å²) in [7, 11) is 1.32. The van der Waals surface area contributed by atoms with Crippen molar-refractivity contribution in [3.63, 3.8) is 0 Å². The molecular weight excluding hydrogens is 360 g/mol. The number of carbonyl (C=O) groups is 2. The van der Waals surface area contributed by atoms with Crippen LogP contribution in [-0.4, -0.2) is 37.0 Å². The van der Waals surface area contributed by atoms with Gasteiger partial charge in [0.2, 0.25) is 5.91 Å². The largest absolute Gasteiger partial charge is 0.465 e. The van der Waals surface area contributed by atoms with Gasteiger partial charge in [-0.2, -0.15) is 0 Å². The van der Waals surface area contributed by atoms with E-state index in [1.165, 1.54) is 7.11 Å². The number of nitrogens with two attached hydrogens (primary N) is 1. The molecule has 146 valence electrons. The van der Waals surface area contributed by atoms with E-state index in [0.29, 0.717) is 23.7 Å². The Labute approximate surface area is 159 Å². The van der Waals surface area contributed by atoms with Gasteiger partial charge in [0.05, 0.1) is 18.4 Å². The van der Waals surface area contributed by atoms with Gasteiger partial charge in [-0.3, -0.25) is 10.2 Å². The number of nitrogens with one attached hydrogen (secondary N) is 3. The predicted octanol–water partition coefficient (Wildman–Crippen LogP) is 1.30. The Morgan fingerprint density at radius 2 is 1.85 bits per heavy atom. The number of carbonyl (C=O) groups excluding carboxylic acids is 2. The van der Waals surface area contributed by atoms with Crippen molar-refractivity contribution in [2.24, 2.45) is 17.6 Å². The molecule has 1 aliphatic rings. The van der Waals surface area contributed by atoms with Crippen molar-refractivity contribution in [2.75, 3.05) is 19.0 Å². The topological polar surface area (TPSA) is 149 Å². The van der Waals surface area contributed by atoms with E-state index in [-0.39, 0.29) is 35.7 Å². The highest BCUT2D eigenvalue weighted by Crippen LogP contribution is 2.29. The molecule has 0 unspecified atom stereocenters. The highest BCUT2D eigenvalue weighted by atomic mass is 35.5. The summed E-state index contributed by atoms with van der Waals surface area (Å²) in [6, 6.07) is 6.83. The lowest BCUT2D eigenvalue weighted by Crippen LogP contribution is -2.36. The molecule has 8 nitrogen and oxygen atoms in total. The molecule has 0 spiro atoms. The fourth-order valence-electron chi connectivity index (χ4n) is 3.00. The average molecular weight is 387 g/mol. The maximum absolute atomic E-state index is 12.5. The van der Waals surface area contributed by atoms with Gasteiger partial charge in [0.1, 0.15) is 0 Å². The third kappa shape index (κ3) is 6.53. The SMILES string of the molecule is COC(=O)c1ccccc1NC(=O)C1CCC(CNC(=N)N)CC1.Cl.O. The van der Waals surface area contributed by atoms with Crippen LogP contribution in [0.4, 0.5) is 5.69 Å². The lowest BCUT2D eigenvalue weighted by atomic mass is 9.81. The molecule has 0 radical (unpaired) electrons. The Balaban J connectivity index is 0.00000312. The number of ether oxygens (including phenoxy) is 1. The van der Waals surface area contributed by atoms with Crippen LogP contribution in [0.15, 0.2) is 24.3 Å². The molecule has 9 heteroatoms. The van der Waals surface area contributed by atoms with Crippen molar-refractivity contribution in [1.82, 2.24) is 5.32 Å². The van der Waals surface area contributed by atoms with Gasteiger partial charge in [0.25, 0.3) is 0 Å². The van der Waals surface area contributed by atoms with Crippen LogP contribution in [0.25, 0.3) is 0 Å². The Hall–Kier alpha value is -2.32. The fourth-order valence-corrected chi connectivity index (χ4v) is 3.00. The van der Waals surface area contributed by atoms with Gasteiger partial charge in [-0.25, -0.2) is 4.79 Å². The lowest BCUT2D eigenvalue weighted by molar-refractivity contribution is -0.121. The van der Waals surface area contributed by atoms with E-state index in [9.17, 15) is 9.59 Å². The molecule has 1 aromatic rings. The molecular formula is C17H27ClN4O4. The lowest BCUT2D eigenvalue weighted by Gasteiger charge is -2.28. The van der Waals surface area contributed by atoms with Crippen molar-refractivity contribution in [2.45, 2.75) is 25.7 Å². The van der Waals surface area contributed by atoms with Gasteiger partial charge in [-0.1, -0.05) is 12.1 Å². The number of benzene rings is 1. The zero-order chi connectivity index (χ0) is 17.5. The van der Waals surface area contributed by atoms with E-state index < -0.39 is 5.97 Å². The molecule has 0 atom stereocenters. The molecule has 0 bridgehead atoms. The van der Waals surface area contributed by atoms with Crippen LogP contribution in [0, 0.1) is 17.2 Å². The highest BCUT2D eigenvalue weighted by Gasteiger charge is 2.27. The van der Waals surface area contributed by atoms with Gasteiger partial charge in [-0.15, -0.1) is 12.4 Å². The van der Waals surface area contributed by atoms with E-state index in [1.54, 1.807) is 24.3 Å². The van der Waals surface area contributed by atoms with Gasteiger partial charge in [0.15, 0.2) is 5.96 Å². The van der Waals surface area contributed by atoms with Crippen molar-refractivity contribution < 1.29 is 19.8 Å². The Bertz CT molecular complexity index is 619. The number of amides is 1. The summed E-state index contributed by atoms with van der Waals surface area (Å²) in [5.41, 5.74) is 6.13. The highest BCUT2D eigenvalue weighted by molar-refractivity contribution is 6.01. The van der Waals surface area contributed by atoms with Crippen molar-refractivity contribution >= 4 is 35.9 Å². The molecule has 26 heavy (non-hydrogen) atoms. The molecule has 1 amide bonds. The molecule has 2 rings (SSSR count). The van der Waals surface area contributed by atoms with Crippen molar-refractivity contribution in [3.8, 4) is 0 Å². The van der Waals surface area contributed by atoms with Crippen LogP contribution >= 0.6 is 12.4 Å². The molecule has 7 N–H and O–H groups in total. The summed E-state index contributed by atoms with van der Waals surface area (Å²) in [6.07, 6.45) is 3.40. The number of hydrogen-bond donors (Lipinski definition) is 4. The van der Waals surface area contributed by atoms with Crippen LogP contribution in [-0.2, 0) is 9.53 Å². The number of esters is 1. The normalized spacial score (nSPS) is 18.5. The number of para-hydroxylation sites is 1. The number of methoxy groups -OCH3 is 1. The van der Waals surface area contributed by atoms with E-state index in [0.717, 1.165) is 25.7 Å². The average Bonchev–Trinajstić information content (AvgIpc) is 2.60. The first-order chi connectivity index (χ1) is 11.5. The minimum atomic E-state index is -0.468. The van der Waals surface area contributed by atoms with Crippen molar-refractivity contribution in [1.29, 1.82) is 5.41 Å². The van der Waals surface area contributed by atoms with E-state index in [1.807, 2.05) is 0 Å². The summed E-state index contributed by atoms with van der Waals surface area (Å²) in [5.74, 6) is -0.187. The number of halogens is 1. The Morgan fingerprint density at radius 3 is 2.42 bits per heavy atom. The molecule has 0 saturated heterocycles. The summed E-state index contributed by atoms with van der Waals surface area (Å²) < 4.78 is 4.74. The molecule has 1 aromatic carbocycles. The maximum Gasteiger partial charge on any atom is 0.339 e. The predicted molar refractivity (Wildman–Crippen MR) is 103 cm³/mol. The quantitative estimate of drug-likeness (QED) is 0.342. The number of rotatable bonds is 5. The van der Waals surface area contributed by atoms with Crippen LogP contribution in [0.3, 0.4) is 0 Å². The zero-order valence-corrected chi connectivity index (χ0v) is 15.5. The second kappa shape index (κ2) is 11.3. The summed E-state index contributed by atoms with van der Waals surface area (Å²) in [6.45, 7) is 0.675. The monoisotopic (exact) mass is 386 g/mol. The van der Waals surface area contributed by atoms with E-state index >= 15 is 0 Å². The number of guanidine groups is 1. The van der Waals surface area contributed by atoms with Crippen LogP contribution < -0.4 is 16.4 Å². The standard InChI is InChI=1S/C17H24N4O3.ClH.H2O/c1-24-16(23)13-4-2-3-5-14(13)21-15(22)12-8-6-11(7-9-12)10-20-17(18)19;;/h2-5,11-12H,6-10H2,1H3,(H,21,22)(H4,18,19,20);1H;1H2. The molecule has 1 saturated carbocycles. The third-order valence-corrected chi connectivity index (χ3v) is 4.39. The minimum absolute atomic E-state index is 0. The Morgan fingerprint density at radius 1 is 1.23 bits per heavy atom. The second-order valence-corrected chi connectivity index (χ2v) is 6.04. The van der Waals surface area contributed by atoms with Gasteiger partial charge in [0, 0.05) is 12.5 Å². The van der Waals surface area contributed by atoms with E-state index in [2.05, 4.69) is 10.6 Å². The summed E-state index contributed by atoms with van der Waals surface area (Å²) in [5, 5.41) is 12.9. The first-order valence-corrected chi connectivity index (χ1v) is 8.07. The second-order valence-electron chi connectivity index (χ2n) is 6.04. The first-order valence-electron chi connectivity index (χ1n) is 8.07. The maximum atomic E-state index is 12.5. The van der Waals surface area contributed by atoms with Crippen LogP contribution in [0.2, 0.25) is 0 Å². The Kier molecular flexibility index (Phi) is 10.3. The van der Waals surface area contributed by atoms with Gasteiger partial charge in [-0.05, 0) is 43.7 Å². The third-order valence-electron chi connectivity index (χ3n) is 4.39. The summed E-state index contributed by atoms with van der Waals surface area (Å²) >= 11 is 0. The number of anilines is 1. The molecule has 0 aliphatic heterocycles. The van der Waals surface area contributed by atoms with Gasteiger partial charge < -0.3 is 26.6 Å². The smallest absolute Gasteiger partial charge is 0.339 e.